The second-order valence-corrected chi connectivity index (χ2v) is 4.56. The molecule has 7 heteroatoms. The van der Waals surface area contributed by atoms with E-state index >= 15 is 0 Å². The van der Waals surface area contributed by atoms with Gasteiger partial charge >= 0.3 is 6.61 Å². The van der Waals surface area contributed by atoms with Crippen LogP contribution in [-0.2, 0) is 4.74 Å². The first-order valence-corrected chi connectivity index (χ1v) is 6.17. The van der Waals surface area contributed by atoms with E-state index < -0.39 is 18.2 Å². The van der Waals surface area contributed by atoms with Gasteiger partial charge in [-0.3, -0.25) is 0 Å². The molecule has 0 aliphatic heterocycles. The third-order valence-corrected chi connectivity index (χ3v) is 2.59. The number of nitrogen functional groups attached to an aromatic ring is 1. The molecule has 0 saturated carbocycles. The third-order valence-electron chi connectivity index (χ3n) is 2.59. The number of hydrogen-bond acceptors (Lipinski definition) is 4. The normalized spacial score (nSPS) is 11.2. The summed E-state index contributed by atoms with van der Waals surface area (Å²) >= 11 is 0. The zero-order chi connectivity index (χ0) is 15.3. The van der Waals surface area contributed by atoms with E-state index in [1.165, 1.54) is 0 Å². The average Bonchev–Trinajstić information content (AvgIpc) is 2.31. The molecule has 20 heavy (non-hydrogen) atoms. The van der Waals surface area contributed by atoms with Crippen LogP contribution in [0, 0.1) is 5.82 Å². The van der Waals surface area contributed by atoms with Gasteiger partial charge in [-0.1, -0.05) is 0 Å². The smallest absolute Gasteiger partial charge is 0.387 e. The van der Waals surface area contributed by atoms with E-state index in [4.69, 9.17) is 10.5 Å². The summed E-state index contributed by atoms with van der Waals surface area (Å²) in [5.74, 6) is -1.45. The van der Waals surface area contributed by atoms with Crippen LogP contribution in [0.5, 0.6) is 5.75 Å². The molecule has 0 heterocycles. The van der Waals surface area contributed by atoms with Crippen LogP contribution in [0.15, 0.2) is 12.1 Å². The average molecular weight is 292 g/mol. The van der Waals surface area contributed by atoms with Crippen molar-refractivity contribution in [1.82, 2.24) is 0 Å². The molecular formula is C13H19F3N2O2. The molecule has 4 nitrogen and oxygen atoms in total. The van der Waals surface area contributed by atoms with Crippen molar-refractivity contribution in [3.8, 4) is 5.75 Å². The molecule has 0 unspecified atom stereocenters. The Balaban J connectivity index is 2.82. The van der Waals surface area contributed by atoms with Crippen LogP contribution >= 0.6 is 0 Å². The van der Waals surface area contributed by atoms with E-state index in [1.807, 2.05) is 13.8 Å². The molecule has 0 aromatic heterocycles. The summed E-state index contributed by atoms with van der Waals surface area (Å²) in [6.45, 7) is 1.65. The highest BCUT2D eigenvalue weighted by Crippen LogP contribution is 2.31. The molecule has 0 amide bonds. The topological polar surface area (TPSA) is 47.7 Å². The van der Waals surface area contributed by atoms with Crippen molar-refractivity contribution in [2.75, 3.05) is 30.8 Å². The van der Waals surface area contributed by atoms with Crippen LogP contribution in [0.3, 0.4) is 0 Å². The summed E-state index contributed by atoms with van der Waals surface area (Å²) in [6, 6.07) is 2.12. The predicted octanol–water partition coefficient (Wildman–Crippen LogP) is 2.87. The van der Waals surface area contributed by atoms with Crippen molar-refractivity contribution in [1.29, 1.82) is 0 Å². The lowest BCUT2D eigenvalue weighted by Crippen LogP contribution is -2.25. The van der Waals surface area contributed by atoms with Gasteiger partial charge < -0.3 is 20.1 Å². The monoisotopic (exact) mass is 292 g/mol. The van der Waals surface area contributed by atoms with Gasteiger partial charge in [0, 0.05) is 25.7 Å². The number of anilines is 2. The number of likely N-dealkylation sites (N-methyl/N-ethyl adjacent to an activating group) is 1. The van der Waals surface area contributed by atoms with Gasteiger partial charge in [0.2, 0.25) is 0 Å². The summed E-state index contributed by atoms with van der Waals surface area (Å²) in [7, 11) is 1.71. The Morgan fingerprint density at radius 2 is 1.95 bits per heavy atom. The zero-order valence-corrected chi connectivity index (χ0v) is 11.7. The predicted molar refractivity (Wildman–Crippen MR) is 71.8 cm³/mol. The summed E-state index contributed by atoms with van der Waals surface area (Å²) < 4.78 is 47.3. The lowest BCUT2D eigenvalue weighted by Gasteiger charge is -2.22. The second kappa shape index (κ2) is 7.23. The van der Waals surface area contributed by atoms with Crippen LogP contribution in [0.4, 0.5) is 24.5 Å². The minimum absolute atomic E-state index is 0.0895. The molecule has 2 N–H and O–H groups in total. The van der Waals surface area contributed by atoms with Crippen LogP contribution in [0.1, 0.15) is 13.8 Å². The van der Waals surface area contributed by atoms with Crippen molar-refractivity contribution in [2.45, 2.75) is 26.6 Å². The summed E-state index contributed by atoms with van der Waals surface area (Å²) in [5.41, 5.74) is 6.25. The molecule has 1 rings (SSSR count). The number of nitrogens with zero attached hydrogens (tertiary/aromatic N) is 1. The zero-order valence-electron chi connectivity index (χ0n) is 11.7. The molecule has 0 spiro atoms. The molecule has 1 aromatic rings. The fourth-order valence-electron chi connectivity index (χ4n) is 1.62. The van der Waals surface area contributed by atoms with Gasteiger partial charge in [-0.25, -0.2) is 4.39 Å². The maximum Gasteiger partial charge on any atom is 0.387 e. The molecule has 0 aliphatic carbocycles. The maximum absolute atomic E-state index is 13.4. The van der Waals surface area contributed by atoms with E-state index in [2.05, 4.69) is 4.74 Å². The third kappa shape index (κ3) is 4.80. The highest BCUT2D eigenvalue weighted by molar-refractivity contribution is 5.69. The van der Waals surface area contributed by atoms with Gasteiger partial charge in [-0.15, -0.1) is 0 Å². The molecule has 0 aliphatic rings. The molecule has 114 valence electrons. The number of alkyl halides is 2. The number of benzene rings is 1. The van der Waals surface area contributed by atoms with Gasteiger partial charge in [-0.05, 0) is 13.8 Å². The Morgan fingerprint density at radius 1 is 1.30 bits per heavy atom. The first kappa shape index (κ1) is 16.4. The highest BCUT2D eigenvalue weighted by atomic mass is 19.3. The Labute approximate surface area is 116 Å². The second-order valence-electron chi connectivity index (χ2n) is 4.56. The summed E-state index contributed by atoms with van der Waals surface area (Å²) in [5, 5.41) is 0. The lowest BCUT2D eigenvalue weighted by molar-refractivity contribution is -0.0521. The molecule has 0 saturated heterocycles. The number of halogens is 3. The van der Waals surface area contributed by atoms with Gasteiger partial charge in [-0.2, -0.15) is 8.78 Å². The molecule has 1 aromatic carbocycles. The van der Waals surface area contributed by atoms with Crippen molar-refractivity contribution in [3.05, 3.63) is 17.9 Å². The van der Waals surface area contributed by atoms with Gasteiger partial charge in [0.1, 0.15) is 0 Å². The van der Waals surface area contributed by atoms with Gasteiger partial charge in [0.25, 0.3) is 0 Å². The minimum Gasteiger partial charge on any atom is -0.432 e. The van der Waals surface area contributed by atoms with E-state index in [-0.39, 0.29) is 11.8 Å². The molecule has 0 bridgehead atoms. The first-order valence-electron chi connectivity index (χ1n) is 6.17. The highest BCUT2D eigenvalue weighted by Gasteiger charge is 2.15. The van der Waals surface area contributed by atoms with Crippen molar-refractivity contribution in [3.63, 3.8) is 0 Å². The number of rotatable bonds is 7. The van der Waals surface area contributed by atoms with Crippen molar-refractivity contribution >= 4 is 11.4 Å². The van der Waals surface area contributed by atoms with Gasteiger partial charge in [0.05, 0.1) is 24.1 Å². The Kier molecular flexibility index (Phi) is 5.94. The number of hydrogen-bond donors (Lipinski definition) is 1. The molecule has 0 fully saturated rings. The van der Waals surface area contributed by atoms with E-state index in [0.717, 1.165) is 12.1 Å². The summed E-state index contributed by atoms with van der Waals surface area (Å²) in [6.07, 6.45) is 0.0895. The van der Waals surface area contributed by atoms with Crippen molar-refractivity contribution in [2.24, 2.45) is 0 Å². The van der Waals surface area contributed by atoms with Crippen LogP contribution < -0.4 is 15.4 Å². The minimum atomic E-state index is -3.09. The van der Waals surface area contributed by atoms with Crippen LogP contribution in [0.2, 0.25) is 0 Å². The lowest BCUT2D eigenvalue weighted by atomic mass is 10.2. The largest absolute Gasteiger partial charge is 0.432 e. The molecule has 0 atom stereocenters. The standard InChI is InChI=1S/C13H19F3N2O2/c1-8(2)19-5-4-18(3)11-7-12(20-13(15)16)9(14)6-10(11)17/h6-8,13H,4-5,17H2,1-3H3. The Bertz CT molecular complexity index is 442. The van der Waals surface area contributed by atoms with Crippen LogP contribution in [0.25, 0.3) is 0 Å². The molecule has 0 radical (unpaired) electrons. The fourth-order valence-corrected chi connectivity index (χ4v) is 1.62. The van der Waals surface area contributed by atoms with Crippen LogP contribution in [-0.4, -0.2) is 32.9 Å². The van der Waals surface area contributed by atoms with Gasteiger partial charge in [0.15, 0.2) is 11.6 Å². The number of nitrogens with two attached hydrogens (primary N) is 1. The Morgan fingerprint density at radius 3 is 2.50 bits per heavy atom. The van der Waals surface area contributed by atoms with E-state index in [9.17, 15) is 13.2 Å². The maximum atomic E-state index is 13.4. The Hall–Kier alpha value is -1.63. The molecular weight excluding hydrogens is 273 g/mol. The SMILES string of the molecule is CC(C)OCCN(C)c1cc(OC(F)F)c(F)cc1N. The summed E-state index contributed by atoms with van der Waals surface area (Å²) in [4.78, 5) is 1.69. The van der Waals surface area contributed by atoms with Crippen molar-refractivity contribution < 1.29 is 22.6 Å². The fraction of sp³-hybridized carbons (Fsp3) is 0.538. The first-order chi connectivity index (χ1) is 9.31. The number of ether oxygens (including phenoxy) is 2. The quantitative estimate of drug-likeness (QED) is 0.785. The van der Waals surface area contributed by atoms with E-state index in [1.54, 1.807) is 11.9 Å². The van der Waals surface area contributed by atoms with E-state index in [0.29, 0.717) is 18.8 Å².